The lowest BCUT2D eigenvalue weighted by Gasteiger charge is -2.21. The fourth-order valence-electron chi connectivity index (χ4n) is 2.61. The van der Waals surface area contributed by atoms with Gasteiger partial charge in [-0.05, 0) is 35.2 Å². The first kappa shape index (κ1) is 15.0. The zero-order valence-electron chi connectivity index (χ0n) is 11.1. The molecule has 0 aromatic carbocycles. The van der Waals surface area contributed by atoms with Crippen LogP contribution in [0.1, 0.15) is 17.8 Å². The molecule has 0 spiro atoms. The van der Waals surface area contributed by atoms with Crippen LogP contribution in [0.25, 0.3) is 0 Å². The van der Waals surface area contributed by atoms with E-state index in [9.17, 15) is 8.42 Å². The number of hydrogen-bond acceptors (Lipinski definition) is 5. The van der Waals surface area contributed by atoms with Gasteiger partial charge >= 0.3 is 0 Å². The fraction of sp³-hybridized carbons (Fsp3) is 0.727. The summed E-state index contributed by atoms with van der Waals surface area (Å²) >= 11 is 3.52. The molecule has 6 nitrogen and oxygen atoms in total. The summed E-state index contributed by atoms with van der Waals surface area (Å²) in [6.07, 6.45) is 1.33. The Hall–Kier alpha value is -0.440. The third kappa shape index (κ3) is 3.18. The van der Waals surface area contributed by atoms with Crippen molar-refractivity contribution in [3.63, 3.8) is 0 Å². The van der Waals surface area contributed by atoms with Crippen LogP contribution in [0, 0.1) is 12.8 Å². The summed E-state index contributed by atoms with van der Waals surface area (Å²) in [6.45, 7) is 1.93. The summed E-state index contributed by atoms with van der Waals surface area (Å²) in [5, 5.41) is 4.34. The van der Waals surface area contributed by atoms with Gasteiger partial charge in [0.2, 0.25) is 0 Å². The van der Waals surface area contributed by atoms with Crippen molar-refractivity contribution in [3.05, 3.63) is 15.9 Å². The monoisotopic (exact) mass is 350 g/mol. The first-order chi connectivity index (χ1) is 8.84. The molecule has 1 aromatic heterocycles. The van der Waals surface area contributed by atoms with Crippen molar-refractivity contribution in [2.45, 2.75) is 25.8 Å². The van der Waals surface area contributed by atoms with Crippen molar-refractivity contribution in [1.82, 2.24) is 15.2 Å². The second-order valence-electron chi connectivity index (χ2n) is 5.11. The van der Waals surface area contributed by atoms with Gasteiger partial charge in [-0.3, -0.25) is 16.0 Å². The fourth-order valence-corrected chi connectivity index (χ4v) is 4.99. The SMILES string of the molecule is Cc1nn(C)c(CC(NN)C2CCS(=O)(=O)C2)c1Br. The molecular formula is C11H19BrN4O2S. The molecule has 0 radical (unpaired) electrons. The standard InChI is InChI=1S/C11H19BrN4O2S/c1-7-11(12)10(16(2)15-7)5-9(14-13)8-3-4-19(17,18)6-8/h8-9,14H,3-6,13H2,1-2H3. The largest absolute Gasteiger partial charge is 0.271 e. The maximum atomic E-state index is 11.6. The van der Waals surface area contributed by atoms with Gasteiger partial charge in [0, 0.05) is 19.5 Å². The summed E-state index contributed by atoms with van der Waals surface area (Å²) < 4.78 is 25.9. The van der Waals surface area contributed by atoms with Gasteiger partial charge in [-0.1, -0.05) is 0 Å². The van der Waals surface area contributed by atoms with Crippen molar-refractivity contribution < 1.29 is 8.42 Å². The van der Waals surface area contributed by atoms with E-state index in [4.69, 9.17) is 5.84 Å². The Labute approximate surface area is 121 Å². The third-order valence-electron chi connectivity index (χ3n) is 3.73. The molecule has 0 bridgehead atoms. The van der Waals surface area contributed by atoms with Gasteiger partial charge in [0.25, 0.3) is 0 Å². The van der Waals surface area contributed by atoms with E-state index in [1.54, 1.807) is 0 Å². The first-order valence-corrected chi connectivity index (χ1v) is 8.80. The van der Waals surface area contributed by atoms with Crippen LogP contribution < -0.4 is 11.3 Å². The summed E-state index contributed by atoms with van der Waals surface area (Å²) in [5.41, 5.74) is 4.72. The van der Waals surface area contributed by atoms with Crippen LogP contribution in [-0.2, 0) is 23.3 Å². The molecule has 0 saturated carbocycles. The van der Waals surface area contributed by atoms with E-state index in [1.807, 2.05) is 18.7 Å². The number of aryl methyl sites for hydroxylation is 2. The number of halogens is 1. The van der Waals surface area contributed by atoms with Crippen LogP contribution in [0.3, 0.4) is 0 Å². The molecule has 108 valence electrons. The number of hydrazine groups is 1. The number of nitrogens with two attached hydrogens (primary N) is 1. The van der Waals surface area contributed by atoms with Crippen molar-refractivity contribution >= 4 is 25.8 Å². The maximum Gasteiger partial charge on any atom is 0.150 e. The van der Waals surface area contributed by atoms with Crippen LogP contribution in [0.4, 0.5) is 0 Å². The number of aromatic nitrogens is 2. The number of rotatable bonds is 4. The maximum absolute atomic E-state index is 11.6. The zero-order chi connectivity index (χ0) is 14.2. The van der Waals surface area contributed by atoms with Gasteiger partial charge < -0.3 is 0 Å². The van der Waals surface area contributed by atoms with E-state index >= 15 is 0 Å². The van der Waals surface area contributed by atoms with Crippen LogP contribution in [0.15, 0.2) is 4.47 Å². The molecule has 1 aromatic rings. The van der Waals surface area contributed by atoms with Gasteiger partial charge in [0.15, 0.2) is 9.84 Å². The molecule has 1 saturated heterocycles. The molecule has 1 fully saturated rings. The van der Waals surface area contributed by atoms with E-state index < -0.39 is 9.84 Å². The molecule has 3 N–H and O–H groups in total. The van der Waals surface area contributed by atoms with E-state index in [0.717, 1.165) is 15.9 Å². The Kier molecular flexibility index (Phi) is 4.34. The van der Waals surface area contributed by atoms with Gasteiger partial charge in [0.1, 0.15) is 0 Å². The van der Waals surface area contributed by atoms with Gasteiger partial charge in [-0.15, -0.1) is 0 Å². The average molecular weight is 351 g/mol. The molecule has 2 rings (SSSR count). The van der Waals surface area contributed by atoms with Crippen molar-refractivity contribution in [3.8, 4) is 0 Å². The minimum atomic E-state index is -2.89. The Morgan fingerprint density at radius 1 is 1.63 bits per heavy atom. The van der Waals surface area contributed by atoms with Crippen LogP contribution in [0.5, 0.6) is 0 Å². The molecule has 2 heterocycles. The lowest BCUT2D eigenvalue weighted by molar-refractivity contribution is 0.378. The van der Waals surface area contributed by atoms with Gasteiger partial charge in [-0.2, -0.15) is 5.10 Å². The topological polar surface area (TPSA) is 90.0 Å². The molecule has 19 heavy (non-hydrogen) atoms. The summed E-state index contributed by atoms with van der Waals surface area (Å²) in [4.78, 5) is 0. The molecule has 8 heteroatoms. The molecule has 1 aliphatic rings. The Balaban J connectivity index is 2.16. The molecule has 1 aliphatic heterocycles. The molecule has 2 atom stereocenters. The highest BCUT2D eigenvalue weighted by Crippen LogP contribution is 2.27. The first-order valence-electron chi connectivity index (χ1n) is 6.18. The average Bonchev–Trinajstić information content (AvgIpc) is 2.79. The minimum absolute atomic E-state index is 0.0524. The summed E-state index contributed by atoms with van der Waals surface area (Å²) in [5.74, 6) is 6.16. The number of sulfone groups is 1. The Bertz CT molecular complexity index is 569. The lowest BCUT2D eigenvalue weighted by Crippen LogP contribution is -2.43. The lowest BCUT2D eigenvalue weighted by atomic mass is 9.95. The smallest absolute Gasteiger partial charge is 0.150 e. The Morgan fingerprint density at radius 2 is 2.32 bits per heavy atom. The van der Waals surface area contributed by atoms with Crippen molar-refractivity contribution in [2.24, 2.45) is 18.8 Å². The highest BCUT2D eigenvalue weighted by Gasteiger charge is 2.34. The second-order valence-corrected chi connectivity index (χ2v) is 8.13. The predicted octanol–water partition coefficient (Wildman–Crippen LogP) is 0.300. The number of nitrogens with zero attached hydrogens (tertiary/aromatic N) is 2. The van der Waals surface area contributed by atoms with Gasteiger partial charge in [-0.25, -0.2) is 8.42 Å². The zero-order valence-corrected chi connectivity index (χ0v) is 13.5. The second kappa shape index (κ2) is 5.51. The number of hydrogen-bond donors (Lipinski definition) is 2. The van der Waals surface area contributed by atoms with Crippen LogP contribution in [-0.4, -0.2) is 35.7 Å². The normalized spacial score (nSPS) is 23.7. The quantitative estimate of drug-likeness (QED) is 0.602. The highest BCUT2D eigenvalue weighted by molar-refractivity contribution is 9.10. The van der Waals surface area contributed by atoms with Gasteiger partial charge in [0.05, 0.1) is 27.4 Å². The molecule has 0 aliphatic carbocycles. The summed E-state index contributed by atoms with van der Waals surface area (Å²) in [6, 6.07) is -0.0524. The Morgan fingerprint density at radius 3 is 2.74 bits per heavy atom. The molecular weight excluding hydrogens is 332 g/mol. The summed E-state index contributed by atoms with van der Waals surface area (Å²) in [7, 11) is -1.01. The molecule has 2 unspecified atom stereocenters. The predicted molar refractivity (Wildman–Crippen MR) is 77.2 cm³/mol. The van der Waals surface area contributed by atoms with Crippen LogP contribution >= 0.6 is 15.9 Å². The van der Waals surface area contributed by atoms with Crippen molar-refractivity contribution in [2.75, 3.05) is 11.5 Å². The van der Waals surface area contributed by atoms with Crippen molar-refractivity contribution in [1.29, 1.82) is 0 Å². The highest BCUT2D eigenvalue weighted by atomic mass is 79.9. The van der Waals surface area contributed by atoms with E-state index in [0.29, 0.717) is 12.8 Å². The van der Waals surface area contributed by atoms with E-state index in [2.05, 4.69) is 26.5 Å². The minimum Gasteiger partial charge on any atom is -0.271 e. The third-order valence-corrected chi connectivity index (χ3v) is 6.55. The number of nitrogens with one attached hydrogen (secondary N) is 1. The van der Waals surface area contributed by atoms with E-state index in [-0.39, 0.29) is 23.5 Å². The van der Waals surface area contributed by atoms with Crippen LogP contribution in [0.2, 0.25) is 0 Å². The van der Waals surface area contributed by atoms with E-state index in [1.165, 1.54) is 0 Å². The molecule has 0 amide bonds.